The van der Waals surface area contributed by atoms with Gasteiger partial charge in [0, 0.05) is 6.20 Å². The number of pyridine rings is 1. The van der Waals surface area contributed by atoms with Gasteiger partial charge >= 0.3 is 0 Å². The quantitative estimate of drug-likeness (QED) is 0.742. The second kappa shape index (κ2) is 5.01. The van der Waals surface area contributed by atoms with Crippen LogP contribution in [0.4, 0.5) is 0 Å². The van der Waals surface area contributed by atoms with Crippen LogP contribution in [-0.2, 0) is 0 Å². The Labute approximate surface area is 88.7 Å². The molecule has 0 aromatic carbocycles. The minimum Gasteiger partial charge on any atom is -0.494 e. The van der Waals surface area contributed by atoms with Gasteiger partial charge in [-0.25, -0.2) is 0 Å². The zero-order valence-electron chi connectivity index (χ0n) is 8.65. The molecule has 1 unspecified atom stereocenters. The highest BCUT2D eigenvalue weighted by Crippen LogP contribution is 2.15. The lowest BCUT2D eigenvalue weighted by molar-refractivity contribution is 0.0945. The normalized spacial score (nSPS) is 11.3. The average molecular weight is 204 g/mol. The minimum atomic E-state index is -0.310. The van der Waals surface area contributed by atoms with Crippen molar-refractivity contribution in [3.8, 4) is 18.1 Å². The van der Waals surface area contributed by atoms with E-state index >= 15 is 0 Å². The molecule has 0 fully saturated rings. The highest BCUT2D eigenvalue weighted by Gasteiger charge is 2.12. The van der Waals surface area contributed by atoms with Crippen molar-refractivity contribution in [2.24, 2.45) is 0 Å². The molecule has 0 aliphatic carbocycles. The molecule has 1 aromatic heterocycles. The van der Waals surface area contributed by atoms with Crippen molar-refractivity contribution >= 4 is 5.91 Å². The van der Waals surface area contributed by atoms with Crippen molar-refractivity contribution < 1.29 is 9.53 Å². The lowest BCUT2D eigenvalue weighted by Gasteiger charge is -2.10. The lowest BCUT2D eigenvalue weighted by Crippen LogP contribution is -2.31. The first kappa shape index (κ1) is 11.1. The fourth-order valence-corrected chi connectivity index (χ4v) is 1.05. The van der Waals surface area contributed by atoms with Gasteiger partial charge in [0.1, 0.15) is 5.75 Å². The summed E-state index contributed by atoms with van der Waals surface area (Å²) in [4.78, 5) is 15.5. The fraction of sp³-hybridized carbons (Fsp3) is 0.273. The van der Waals surface area contributed by atoms with E-state index in [4.69, 9.17) is 11.2 Å². The monoisotopic (exact) mass is 204 g/mol. The van der Waals surface area contributed by atoms with E-state index in [1.165, 1.54) is 19.5 Å². The maximum absolute atomic E-state index is 11.7. The third-order valence-corrected chi connectivity index (χ3v) is 1.85. The molecular formula is C11H12N2O2. The summed E-state index contributed by atoms with van der Waals surface area (Å²) < 4.78 is 5.01. The number of ether oxygens (including phenoxy) is 1. The second-order valence-corrected chi connectivity index (χ2v) is 2.94. The molecule has 1 aromatic rings. The number of carbonyl (C=O) groups excluding carboxylic acids is 1. The molecule has 4 nitrogen and oxygen atoms in total. The fourth-order valence-electron chi connectivity index (χ4n) is 1.05. The molecule has 15 heavy (non-hydrogen) atoms. The van der Waals surface area contributed by atoms with Crippen molar-refractivity contribution in [1.29, 1.82) is 0 Å². The molecule has 78 valence electrons. The molecule has 1 amide bonds. The largest absolute Gasteiger partial charge is 0.494 e. The van der Waals surface area contributed by atoms with E-state index in [2.05, 4.69) is 16.2 Å². The molecule has 1 N–H and O–H groups in total. The van der Waals surface area contributed by atoms with Gasteiger partial charge in [-0.2, -0.15) is 0 Å². The standard InChI is InChI=1S/C11H12N2O2/c1-4-8(2)13-11(14)9-5-6-12-7-10(9)15-3/h1,5-8H,2-3H3,(H,13,14). The number of nitrogens with zero attached hydrogens (tertiary/aromatic N) is 1. The molecule has 4 heteroatoms. The van der Waals surface area contributed by atoms with Gasteiger partial charge in [0.15, 0.2) is 0 Å². The first-order valence-corrected chi connectivity index (χ1v) is 4.44. The van der Waals surface area contributed by atoms with E-state index in [9.17, 15) is 4.79 Å². The van der Waals surface area contributed by atoms with Crippen LogP contribution < -0.4 is 10.1 Å². The van der Waals surface area contributed by atoms with E-state index in [-0.39, 0.29) is 11.9 Å². The van der Waals surface area contributed by atoms with E-state index < -0.39 is 0 Å². The Balaban J connectivity index is 2.87. The molecule has 0 aliphatic heterocycles. The number of amides is 1. The minimum absolute atomic E-state index is 0.264. The van der Waals surface area contributed by atoms with Crippen LogP contribution in [0.1, 0.15) is 17.3 Å². The summed E-state index contributed by atoms with van der Waals surface area (Å²) in [5.41, 5.74) is 0.426. The van der Waals surface area contributed by atoms with Crippen LogP contribution in [-0.4, -0.2) is 24.0 Å². The van der Waals surface area contributed by atoms with Crippen LogP contribution in [0.15, 0.2) is 18.5 Å². The molecular weight excluding hydrogens is 192 g/mol. The van der Waals surface area contributed by atoms with Crippen molar-refractivity contribution in [2.45, 2.75) is 13.0 Å². The van der Waals surface area contributed by atoms with Gasteiger partial charge in [0.25, 0.3) is 5.91 Å². The van der Waals surface area contributed by atoms with Crippen molar-refractivity contribution in [3.63, 3.8) is 0 Å². The number of methoxy groups -OCH3 is 1. The third kappa shape index (κ3) is 2.71. The Bertz CT molecular complexity index is 396. The first-order chi connectivity index (χ1) is 7.19. The number of rotatable bonds is 3. The summed E-state index contributed by atoms with van der Waals surface area (Å²) >= 11 is 0. The van der Waals surface area contributed by atoms with Gasteiger partial charge in [-0.3, -0.25) is 9.78 Å². The Morgan fingerprint density at radius 3 is 3.07 bits per heavy atom. The molecule has 0 saturated heterocycles. The summed E-state index contributed by atoms with van der Waals surface area (Å²) in [6.45, 7) is 1.73. The van der Waals surface area contributed by atoms with E-state index in [1.807, 2.05) is 0 Å². The Morgan fingerprint density at radius 1 is 1.73 bits per heavy atom. The number of aromatic nitrogens is 1. The SMILES string of the molecule is C#CC(C)NC(=O)c1ccncc1OC. The average Bonchev–Trinajstić information content (AvgIpc) is 2.28. The Morgan fingerprint density at radius 2 is 2.47 bits per heavy atom. The van der Waals surface area contributed by atoms with Gasteiger partial charge < -0.3 is 10.1 Å². The molecule has 0 saturated carbocycles. The number of terminal acetylenes is 1. The summed E-state index contributed by atoms with van der Waals surface area (Å²) in [5.74, 6) is 2.58. The summed E-state index contributed by atoms with van der Waals surface area (Å²) in [5, 5.41) is 2.64. The van der Waals surface area contributed by atoms with E-state index in [1.54, 1.807) is 13.0 Å². The molecule has 0 spiro atoms. The van der Waals surface area contributed by atoms with Crippen LogP contribution in [0.25, 0.3) is 0 Å². The maximum Gasteiger partial charge on any atom is 0.256 e. The summed E-state index contributed by atoms with van der Waals surface area (Å²) in [7, 11) is 1.48. The van der Waals surface area contributed by atoms with Crippen LogP contribution in [0.2, 0.25) is 0 Å². The van der Waals surface area contributed by atoms with Gasteiger partial charge in [0.05, 0.1) is 24.9 Å². The van der Waals surface area contributed by atoms with Crippen molar-refractivity contribution in [3.05, 3.63) is 24.0 Å². The van der Waals surface area contributed by atoms with E-state index in [0.717, 1.165) is 0 Å². The first-order valence-electron chi connectivity index (χ1n) is 4.44. The number of carbonyl (C=O) groups is 1. The van der Waals surface area contributed by atoms with Crippen LogP contribution in [0, 0.1) is 12.3 Å². The summed E-state index contributed by atoms with van der Waals surface area (Å²) in [6.07, 6.45) is 8.17. The smallest absolute Gasteiger partial charge is 0.256 e. The van der Waals surface area contributed by atoms with Gasteiger partial charge in [-0.05, 0) is 13.0 Å². The topological polar surface area (TPSA) is 51.2 Å². The van der Waals surface area contributed by atoms with Gasteiger partial charge in [0.2, 0.25) is 0 Å². The highest BCUT2D eigenvalue weighted by molar-refractivity contribution is 5.97. The Kier molecular flexibility index (Phi) is 3.69. The Hall–Kier alpha value is -2.02. The van der Waals surface area contributed by atoms with Gasteiger partial charge in [-0.15, -0.1) is 6.42 Å². The molecule has 1 heterocycles. The lowest BCUT2D eigenvalue weighted by atomic mass is 10.2. The van der Waals surface area contributed by atoms with Crippen molar-refractivity contribution in [2.75, 3.05) is 7.11 Å². The summed E-state index contributed by atoms with van der Waals surface area (Å²) in [6, 6.07) is 1.27. The van der Waals surface area contributed by atoms with E-state index in [0.29, 0.717) is 11.3 Å². The van der Waals surface area contributed by atoms with Crippen LogP contribution >= 0.6 is 0 Å². The zero-order valence-corrected chi connectivity index (χ0v) is 8.65. The van der Waals surface area contributed by atoms with Gasteiger partial charge in [-0.1, -0.05) is 5.92 Å². The molecule has 1 atom stereocenters. The predicted octanol–water partition coefficient (Wildman–Crippen LogP) is 0.842. The van der Waals surface area contributed by atoms with Crippen molar-refractivity contribution in [1.82, 2.24) is 10.3 Å². The second-order valence-electron chi connectivity index (χ2n) is 2.94. The number of nitrogens with one attached hydrogen (secondary N) is 1. The van der Waals surface area contributed by atoms with Crippen LogP contribution in [0.3, 0.4) is 0 Å². The van der Waals surface area contributed by atoms with Crippen LogP contribution in [0.5, 0.6) is 5.75 Å². The highest BCUT2D eigenvalue weighted by atomic mass is 16.5. The molecule has 0 radical (unpaired) electrons. The zero-order chi connectivity index (χ0) is 11.3. The third-order valence-electron chi connectivity index (χ3n) is 1.85. The number of hydrogen-bond donors (Lipinski definition) is 1. The maximum atomic E-state index is 11.7. The predicted molar refractivity (Wildman–Crippen MR) is 56.6 cm³/mol. The molecule has 0 aliphatic rings. The molecule has 0 bridgehead atoms. The molecule has 1 rings (SSSR count). The number of hydrogen-bond acceptors (Lipinski definition) is 3.